The number of esters is 1. The highest BCUT2D eigenvalue weighted by molar-refractivity contribution is 6.74. The van der Waals surface area contributed by atoms with Gasteiger partial charge in [0.15, 0.2) is 8.32 Å². The Balaban J connectivity index is 3.54. The normalized spacial score (nSPS) is 12.5. The van der Waals surface area contributed by atoms with Gasteiger partial charge in [0, 0.05) is 13.2 Å². The molecule has 0 unspecified atom stereocenters. The Morgan fingerprint density at radius 1 is 1.11 bits per heavy atom. The first kappa shape index (κ1) is 18.6. The van der Waals surface area contributed by atoms with Crippen LogP contribution in [0, 0.1) is 0 Å². The maximum Gasteiger partial charge on any atom is 0.332 e. The summed E-state index contributed by atoms with van der Waals surface area (Å²) in [4.78, 5) is 11.0. The van der Waals surface area contributed by atoms with E-state index in [1.54, 1.807) is 6.92 Å². The Morgan fingerprint density at radius 2 is 1.68 bits per heavy atom. The quantitative estimate of drug-likeness (QED) is 0.371. The zero-order chi connectivity index (χ0) is 14.9. The van der Waals surface area contributed by atoms with E-state index in [1.165, 1.54) is 0 Å². The van der Waals surface area contributed by atoms with Gasteiger partial charge in [-0.25, -0.2) is 4.79 Å². The third-order valence-electron chi connectivity index (χ3n) is 3.48. The summed E-state index contributed by atoms with van der Waals surface area (Å²) >= 11 is 0. The monoisotopic (exact) mass is 290 g/mol. The molecule has 0 aliphatic rings. The second-order valence-electron chi connectivity index (χ2n) is 6.17. The molecule has 0 saturated carbocycles. The molecule has 0 bridgehead atoms. The number of hydrogen-bond donors (Lipinski definition) is 0. The van der Waals surface area contributed by atoms with Crippen LogP contribution in [0.3, 0.4) is 0 Å². The lowest BCUT2D eigenvalue weighted by Crippen LogP contribution is -2.41. The Morgan fingerprint density at radius 3 is 2.21 bits per heavy atom. The molecular weight excluding hydrogens is 260 g/mol. The number of carbonyl (C=O) groups is 1. The van der Waals surface area contributed by atoms with Crippen LogP contribution in [0.5, 0.6) is 0 Å². The molecule has 0 radical (unpaired) electrons. The number of ether oxygens (including phenoxy) is 2. The van der Waals surface area contributed by atoms with E-state index in [1.807, 2.05) is 0 Å². The van der Waals surface area contributed by atoms with Crippen molar-refractivity contribution in [3.63, 3.8) is 0 Å². The molecule has 114 valence electrons. The number of hydrogen-bond acceptors (Lipinski definition) is 4. The highest BCUT2D eigenvalue weighted by atomic mass is 28.4. The fraction of sp³-hybridized carbons (Fsp3) is 0.929. The lowest BCUT2D eigenvalue weighted by molar-refractivity contribution is -0.148. The second kappa shape index (κ2) is 8.71. The molecule has 0 saturated heterocycles. The van der Waals surface area contributed by atoms with Crippen molar-refractivity contribution in [3.8, 4) is 0 Å². The van der Waals surface area contributed by atoms with E-state index in [4.69, 9.17) is 13.9 Å². The molecule has 0 spiro atoms. The van der Waals surface area contributed by atoms with Gasteiger partial charge in [0.2, 0.25) is 0 Å². The first-order valence-electron chi connectivity index (χ1n) is 7.08. The van der Waals surface area contributed by atoms with Gasteiger partial charge >= 0.3 is 5.97 Å². The molecule has 0 rings (SSSR count). The predicted octanol–water partition coefficient (Wildman–Crippen LogP) is 3.37. The van der Waals surface area contributed by atoms with Crippen molar-refractivity contribution in [1.82, 2.24) is 0 Å². The molecule has 0 atom stereocenters. The van der Waals surface area contributed by atoms with Crippen LogP contribution >= 0.6 is 0 Å². The lowest BCUT2D eigenvalue weighted by atomic mass is 10.2. The van der Waals surface area contributed by atoms with Gasteiger partial charge in [-0.1, -0.05) is 20.8 Å². The fourth-order valence-electron chi connectivity index (χ4n) is 1.21. The molecule has 0 heterocycles. The summed E-state index contributed by atoms with van der Waals surface area (Å²) in [5, 5.41) is 0.257. The van der Waals surface area contributed by atoms with E-state index in [9.17, 15) is 4.79 Å². The number of rotatable bonds is 9. The molecule has 0 amide bonds. The Kier molecular flexibility index (Phi) is 8.53. The maximum absolute atomic E-state index is 11.0. The van der Waals surface area contributed by atoms with Crippen molar-refractivity contribution in [3.05, 3.63) is 0 Å². The van der Waals surface area contributed by atoms with E-state index >= 15 is 0 Å². The standard InChI is InChI=1S/C14H30O4Si/c1-7-17-13(15)12-16-10-8-9-11-18-19(5,6)14(2,3)4/h7-12H2,1-6H3. The van der Waals surface area contributed by atoms with Crippen LogP contribution in [0.1, 0.15) is 40.5 Å². The summed E-state index contributed by atoms with van der Waals surface area (Å²) in [5.41, 5.74) is 0. The summed E-state index contributed by atoms with van der Waals surface area (Å²) < 4.78 is 16.0. The third-order valence-corrected chi connectivity index (χ3v) is 8.02. The van der Waals surface area contributed by atoms with Crippen molar-refractivity contribution in [2.24, 2.45) is 0 Å². The molecule has 5 heteroatoms. The van der Waals surface area contributed by atoms with Crippen LogP contribution in [-0.2, 0) is 18.7 Å². The van der Waals surface area contributed by atoms with E-state index in [2.05, 4.69) is 33.9 Å². The molecule has 19 heavy (non-hydrogen) atoms. The Labute approximate surface area is 118 Å². The Bertz CT molecular complexity index is 259. The summed E-state index contributed by atoms with van der Waals surface area (Å²) in [6, 6.07) is 0. The highest BCUT2D eigenvalue weighted by Gasteiger charge is 2.36. The molecule has 0 aliphatic heterocycles. The van der Waals surface area contributed by atoms with Crippen molar-refractivity contribution >= 4 is 14.3 Å². The fourth-order valence-corrected chi connectivity index (χ4v) is 2.30. The molecule has 0 aromatic rings. The van der Waals surface area contributed by atoms with Crippen LogP contribution in [0.4, 0.5) is 0 Å². The van der Waals surface area contributed by atoms with Crippen LogP contribution in [0.2, 0.25) is 18.1 Å². The molecule has 0 aliphatic carbocycles. The number of carbonyl (C=O) groups excluding carboxylic acids is 1. The van der Waals surface area contributed by atoms with Gasteiger partial charge in [-0.3, -0.25) is 0 Å². The van der Waals surface area contributed by atoms with Gasteiger partial charge in [-0.15, -0.1) is 0 Å². The smallest absolute Gasteiger partial charge is 0.332 e. The lowest BCUT2D eigenvalue weighted by Gasteiger charge is -2.36. The zero-order valence-corrected chi connectivity index (χ0v) is 14.4. The summed E-state index contributed by atoms with van der Waals surface area (Å²) in [6.45, 7) is 14.8. The van der Waals surface area contributed by atoms with Crippen molar-refractivity contribution in [1.29, 1.82) is 0 Å². The van der Waals surface area contributed by atoms with Crippen LogP contribution in [0.15, 0.2) is 0 Å². The Hall–Kier alpha value is -0.393. The van der Waals surface area contributed by atoms with Crippen molar-refractivity contribution < 1.29 is 18.7 Å². The minimum Gasteiger partial charge on any atom is -0.464 e. The molecule has 0 aromatic heterocycles. The molecule has 4 nitrogen and oxygen atoms in total. The van der Waals surface area contributed by atoms with Gasteiger partial charge in [-0.05, 0) is 37.9 Å². The van der Waals surface area contributed by atoms with E-state index in [0.29, 0.717) is 13.2 Å². The molecular formula is C14H30O4Si. The minimum atomic E-state index is -1.62. The van der Waals surface area contributed by atoms with Crippen molar-refractivity contribution in [2.45, 2.75) is 58.7 Å². The van der Waals surface area contributed by atoms with Crippen LogP contribution < -0.4 is 0 Å². The SMILES string of the molecule is CCOC(=O)COCCCCO[Si](C)(C)C(C)(C)C. The molecule has 0 N–H and O–H groups in total. The van der Waals surface area contributed by atoms with Crippen LogP contribution in [0.25, 0.3) is 0 Å². The molecule has 0 fully saturated rings. The second-order valence-corrected chi connectivity index (χ2v) is 11.0. The average molecular weight is 290 g/mol. The first-order chi connectivity index (χ1) is 8.70. The molecule has 0 aromatic carbocycles. The maximum atomic E-state index is 11.0. The largest absolute Gasteiger partial charge is 0.464 e. The van der Waals surface area contributed by atoms with Gasteiger partial charge in [0.25, 0.3) is 0 Å². The van der Waals surface area contributed by atoms with Gasteiger partial charge in [-0.2, -0.15) is 0 Å². The zero-order valence-electron chi connectivity index (χ0n) is 13.4. The van der Waals surface area contributed by atoms with Gasteiger partial charge in [0.1, 0.15) is 6.61 Å². The number of unbranched alkanes of at least 4 members (excludes halogenated alkanes) is 1. The van der Waals surface area contributed by atoms with E-state index in [0.717, 1.165) is 19.4 Å². The first-order valence-corrected chi connectivity index (χ1v) is 9.99. The average Bonchev–Trinajstić information content (AvgIpc) is 2.26. The third kappa shape index (κ3) is 8.39. The van der Waals surface area contributed by atoms with E-state index in [-0.39, 0.29) is 17.6 Å². The van der Waals surface area contributed by atoms with E-state index < -0.39 is 8.32 Å². The highest BCUT2D eigenvalue weighted by Crippen LogP contribution is 2.36. The van der Waals surface area contributed by atoms with Crippen LogP contribution in [-0.4, -0.2) is 40.7 Å². The van der Waals surface area contributed by atoms with Gasteiger partial charge in [0.05, 0.1) is 6.61 Å². The topological polar surface area (TPSA) is 44.8 Å². The summed E-state index contributed by atoms with van der Waals surface area (Å²) in [6.07, 6.45) is 1.88. The van der Waals surface area contributed by atoms with Crippen molar-refractivity contribution in [2.75, 3.05) is 26.4 Å². The summed E-state index contributed by atoms with van der Waals surface area (Å²) in [7, 11) is -1.62. The van der Waals surface area contributed by atoms with Gasteiger partial charge < -0.3 is 13.9 Å². The predicted molar refractivity (Wildman–Crippen MR) is 79.8 cm³/mol. The summed E-state index contributed by atoms with van der Waals surface area (Å²) in [5.74, 6) is -0.292. The minimum absolute atomic E-state index is 0.0525.